The summed E-state index contributed by atoms with van der Waals surface area (Å²) in [4.78, 5) is 12.4. The minimum Gasteiger partial charge on any atom is -0.379 e. The number of anilines is 1. The third-order valence-corrected chi connectivity index (χ3v) is 7.25. The number of ether oxygens (including phenoxy) is 1. The molecule has 5 nitrogen and oxygen atoms in total. The number of morpholine rings is 1. The molecule has 0 spiro atoms. The van der Waals surface area contributed by atoms with Crippen molar-refractivity contribution in [3.05, 3.63) is 53.2 Å². The number of fused-ring (bicyclic) bond motifs is 1. The van der Waals surface area contributed by atoms with Crippen LogP contribution in [0.4, 0.5) is 5.69 Å². The average Bonchev–Trinajstić information content (AvgIpc) is 3.27. The summed E-state index contributed by atoms with van der Waals surface area (Å²) in [6, 6.07) is 11.9. The predicted molar refractivity (Wildman–Crippen MR) is 132 cm³/mol. The molecule has 32 heavy (non-hydrogen) atoms. The van der Waals surface area contributed by atoms with Gasteiger partial charge in [0.25, 0.3) is 0 Å². The van der Waals surface area contributed by atoms with E-state index < -0.39 is 0 Å². The topological polar surface area (TPSA) is 31.8 Å². The molecular weight excluding hydrogens is 396 g/mol. The third-order valence-electron chi connectivity index (χ3n) is 7.25. The second-order valence-corrected chi connectivity index (χ2v) is 9.58. The van der Waals surface area contributed by atoms with Gasteiger partial charge < -0.3 is 9.64 Å². The van der Waals surface area contributed by atoms with E-state index in [1.54, 1.807) is 0 Å². The number of aromatic nitrogens is 1. The van der Waals surface area contributed by atoms with Crippen molar-refractivity contribution in [3.8, 4) is 11.3 Å². The first-order valence-corrected chi connectivity index (χ1v) is 12.2. The number of hydrogen-bond donors (Lipinski definition) is 0. The van der Waals surface area contributed by atoms with Gasteiger partial charge in [0.15, 0.2) is 0 Å². The van der Waals surface area contributed by atoms with Crippen molar-refractivity contribution in [2.75, 3.05) is 63.9 Å². The lowest BCUT2D eigenvalue weighted by Crippen LogP contribution is -2.48. The Kier molecular flexibility index (Phi) is 6.58. The maximum atomic E-state index is 5.48. The van der Waals surface area contributed by atoms with Gasteiger partial charge in [0.1, 0.15) is 0 Å². The van der Waals surface area contributed by atoms with E-state index in [9.17, 15) is 0 Å². The molecule has 1 aliphatic carbocycles. The highest BCUT2D eigenvalue weighted by molar-refractivity contribution is 5.78. The fourth-order valence-corrected chi connectivity index (χ4v) is 5.17. The van der Waals surface area contributed by atoms with E-state index >= 15 is 0 Å². The van der Waals surface area contributed by atoms with Crippen LogP contribution in [0.25, 0.3) is 17.3 Å². The zero-order chi connectivity index (χ0) is 21.9. The SMILES string of the molecule is CC(C)N1CCN(c2ccc(-c3nccc4c3C=C(CCN3CCOCC3)C4)cc2)CC1. The molecule has 5 rings (SSSR count). The van der Waals surface area contributed by atoms with Gasteiger partial charge >= 0.3 is 0 Å². The number of nitrogens with zero attached hydrogens (tertiary/aromatic N) is 4. The molecule has 0 atom stereocenters. The van der Waals surface area contributed by atoms with Crippen LogP contribution < -0.4 is 4.90 Å². The number of pyridine rings is 1. The van der Waals surface area contributed by atoms with Gasteiger partial charge in [-0.05, 0) is 50.5 Å². The van der Waals surface area contributed by atoms with Crippen molar-refractivity contribution in [1.82, 2.24) is 14.8 Å². The summed E-state index contributed by atoms with van der Waals surface area (Å²) < 4.78 is 5.48. The summed E-state index contributed by atoms with van der Waals surface area (Å²) in [5.74, 6) is 0. The maximum absolute atomic E-state index is 5.48. The molecule has 1 aromatic heterocycles. The summed E-state index contributed by atoms with van der Waals surface area (Å²) in [6.45, 7) is 14.1. The Morgan fingerprint density at radius 3 is 2.41 bits per heavy atom. The first-order valence-electron chi connectivity index (χ1n) is 12.2. The molecule has 3 aliphatic rings. The molecule has 5 heteroatoms. The fourth-order valence-electron chi connectivity index (χ4n) is 5.17. The van der Waals surface area contributed by atoms with Crippen LogP contribution in [0.3, 0.4) is 0 Å². The highest BCUT2D eigenvalue weighted by atomic mass is 16.5. The van der Waals surface area contributed by atoms with Crippen molar-refractivity contribution in [2.24, 2.45) is 0 Å². The van der Waals surface area contributed by atoms with Gasteiger partial charge in [-0.15, -0.1) is 0 Å². The Hall–Kier alpha value is -2.21. The second-order valence-electron chi connectivity index (χ2n) is 9.58. The van der Waals surface area contributed by atoms with E-state index in [4.69, 9.17) is 9.72 Å². The fraction of sp³-hybridized carbons (Fsp3) is 0.519. The third kappa shape index (κ3) is 4.75. The molecule has 2 aromatic rings. The van der Waals surface area contributed by atoms with Crippen molar-refractivity contribution in [1.29, 1.82) is 0 Å². The molecule has 0 bridgehead atoms. The zero-order valence-electron chi connectivity index (χ0n) is 19.6. The Labute approximate surface area is 192 Å². The number of hydrogen-bond acceptors (Lipinski definition) is 5. The van der Waals surface area contributed by atoms with Crippen LogP contribution in [0, 0.1) is 0 Å². The predicted octanol–water partition coefficient (Wildman–Crippen LogP) is 3.94. The van der Waals surface area contributed by atoms with Crippen LogP contribution in [0.1, 0.15) is 31.4 Å². The first-order chi connectivity index (χ1) is 15.7. The number of piperazine rings is 1. The van der Waals surface area contributed by atoms with E-state index in [0.29, 0.717) is 6.04 Å². The molecule has 0 unspecified atom stereocenters. The lowest BCUT2D eigenvalue weighted by molar-refractivity contribution is 0.0384. The average molecular weight is 433 g/mol. The molecule has 2 fully saturated rings. The molecule has 0 radical (unpaired) electrons. The monoisotopic (exact) mass is 432 g/mol. The Morgan fingerprint density at radius 1 is 0.938 bits per heavy atom. The van der Waals surface area contributed by atoms with Crippen LogP contribution in [0.2, 0.25) is 0 Å². The second kappa shape index (κ2) is 9.74. The summed E-state index contributed by atoms with van der Waals surface area (Å²) in [5.41, 5.74) is 7.94. The van der Waals surface area contributed by atoms with Crippen molar-refractivity contribution < 1.29 is 4.74 Å². The smallest absolute Gasteiger partial charge is 0.0777 e. The minimum absolute atomic E-state index is 0.637. The van der Waals surface area contributed by atoms with E-state index in [2.05, 4.69) is 65.0 Å². The Balaban J connectivity index is 1.26. The van der Waals surface area contributed by atoms with Crippen LogP contribution in [-0.4, -0.2) is 79.9 Å². The van der Waals surface area contributed by atoms with E-state index in [0.717, 1.165) is 77.6 Å². The largest absolute Gasteiger partial charge is 0.379 e. The van der Waals surface area contributed by atoms with Crippen molar-refractivity contribution >= 4 is 11.8 Å². The highest BCUT2D eigenvalue weighted by Gasteiger charge is 2.21. The maximum Gasteiger partial charge on any atom is 0.0777 e. The van der Waals surface area contributed by atoms with Gasteiger partial charge in [0.05, 0.1) is 18.9 Å². The van der Waals surface area contributed by atoms with Gasteiger partial charge in [-0.25, -0.2) is 0 Å². The highest BCUT2D eigenvalue weighted by Crippen LogP contribution is 2.34. The van der Waals surface area contributed by atoms with Crippen molar-refractivity contribution in [2.45, 2.75) is 32.7 Å². The minimum atomic E-state index is 0.637. The molecule has 0 amide bonds. The molecular formula is C27H36N4O. The van der Waals surface area contributed by atoms with Crippen LogP contribution in [0.5, 0.6) is 0 Å². The van der Waals surface area contributed by atoms with E-state index in [1.165, 1.54) is 28.0 Å². The Bertz CT molecular complexity index is 939. The van der Waals surface area contributed by atoms with Gasteiger partial charge in [-0.1, -0.05) is 23.8 Å². The standard InChI is InChI=1S/C27H36N4O/c1-21(2)30-11-13-31(14-12-30)25-5-3-23(4-6-25)27-26-20-22(19-24(26)7-9-28-27)8-10-29-15-17-32-18-16-29/h3-7,9,20-21H,8,10-19H2,1-2H3. The van der Waals surface area contributed by atoms with Crippen molar-refractivity contribution in [3.63, 3.8) is 0 Å². The van der Waals surface area contributed by atoms with Gasteiger partial charge in [0, 0.05) is 74.9 Å². The van der Waals surface area contributed by atoms with Gasteiger partial charge in [0.2, 0.25) is 0 Å². The quantitative estimate of drug-likeness (QED) is 0.690. The molecule has 0 N–H and O–H groups in total. The van der Waals surface area contributed by atoms with Crippen LogP contribution in [-0.2, 0) is 11.2 Å². The summed E-state index contributed by atoms with van der Waals surface area (Å²) in [6.07, 6.45) is 6.58. The lowest BCUT2D eigenvalue weighted by Gasteiger charge is -2.38. The molecule has 1 aromatic carbocycles. The Morgan fingerprint density at radius 2 is 1.69 bits per heavy atom. The summed E-state index contributed by atoms with van der Waals surface area (Å²) in [5, 5.41) is 0. The van der Waals surface area contributed by atoms with E-state index in [-0.39, 0.29) is 0 Å². The van der Waals surface area contributed by atoms with Gasteiger partial charge in [-0.2, -0.15) is 0 Å². The molecule has 2 saturated heterocycles. The lowest BCUT2D eigenvalue weighted by atomic mass is 10.0. The van der Waals surface area contributed by atoms with Crippen LogP contribution in [0.15, 0.2) is 42.1 Å². The molecule has 3 heterocycles. The molecule has 170 valence electrons. The zero-order valence-corrected chi connectivity index (χ0v) is 19.6. The van der Waals surface area contributed by atoms with Gasteiger partial charge in [-0.3, -0.25) is 14.8 Å². The number of rotatable bonds is 6. The number of benzene rings is 1. The summed E-state index contributed by atoms with van der Waals surface area (Å²) >= 11 is 0. The molecule has 2 aliphatic heterocycles. The van der Waals surface area contributed by atoms with E-state index in [1.807, 2.05) is 6.20 Å². The summed E-state index contributed by atoms with van der Waals surface area (Å²) in [7, 11) is 0. The van der Waals surface area contributed by atoms with Crippen LogP contribution >= 0.6 is 0 Å². The molecule has 0 saturated carbocycles. The first kappa shape index (κ1) is 21.6. The normalized spacial score (nSPS) is 20.0.